The summed E-state index contributed by atoms with van der Waals surface area (Å²) in [6.07, 6.45) is -52.8. The van der Waals surface area contributed by atoms with Crippen molar-refractivity contribution in [2.75, 3.05) is 0 Å². The van der Waals surface area contributed by atoms with Crippen LogP contribution < -0.4 is 26.4 Å². The van der Waals surface area contributed by atoms with E-state index in [1.807, 2.05) is 59.3 Å². The number of hydrogen-bond donors (Lipinski definition) is 0. The Labute approximate surface area is 477 Å². The molecule has 0 amide bonds. The molecule has 0 aliphatic rings. The molecule has 0 aliphatic carbocycles. The van der Waals surface area contributed by atoms with Crippen LogP contribution in [0.4, 0.5) is 111 Å². The Morgan fingerprint density at radius 2 is 0.716 bits per heavy atom. The first kappa shape index (κ1) is 66.5. The highest BCUT2D eigenvalue weighted by Crippen LogP contribution is 2.42. The SMILES string of the molecule is FC(F)(F)c1cc([B-](c2cc(C(F)(F)F)cc(C(F)(F)F)c2)(c2cc(C(F)(F)F)cc(C(F)(F)F)c2)c2cc(C(F)(F)F)cc(C(F)(F)F)c2)cc(C(F)(F)F)c1.[N-]=[N+]=Nc1cccc(C(=O)Cc2c3ccccc3cc[n+]2CC(=O)c2ccccc2)c1. The normalized spacial score (nSPS) is 13.0. The molecule has 31 heteroatoms. The largest absolute Gasteiger partial charge is 0.416 e. The zero-order valence-corrected chi connectivity index (χ0v) is 43.3. The van der Waals surface area contributed by atoms with Gasteiger partial charge < -0.3 is 0 Å². The summed E-state index contributed by atoms with van der Waals surface area (Å²) in [5.74, 6) is -0.146. The first-order valence-corrected chi connectivity index (χ1v) is 24.4. The highest BCUT2D eigenvalue weighted by molar-refractivity contribution is 7.20. The van der Waals surface area contributed by atoms with Crippen molar-refractivity contribution < 1.29 is 120 Å². The van der Waals surface area contributed by atoms with Gasteiger partial charge in [-0.1, -0.05) is 120 Å². The molecule has 88 heavy (non-hydrogen) atoms. The van der Waals surface area contributed by atoms with Crippen LogP contribution in [0.2, 0.25) is 0 Å². The molecule has 0 radical (unpaired) electrons. The van der Waals surface area contributed by atoms with Gasteiger partial charge in [0.15, 0.2) is 17.7 Å². The van der Waals surface area contributed by atoms with Crippen molar-refractivity contribution in [3.8, 4) is 0 Å². The van der Waals surface area contributed by atoms with E-state index in [1.54, 1.807) is 36.4 Å². The van der Waals surface area contributed by atoms with Gasteiger partial charge in [0.1, 0.15) is 6.15 Å². The van der Waals surface area contributed by atoms with Gasteiger partial charge in [0.25, 0.3) is 0 Å². The third-order valence-electron chi connectivity index (χ3n) is 13.6. The maximum absolute atomic E-state index is 14.2. The maximum atomic E-state index is 14.2. The van der Waals surface area contributed by atoms with Crippen LogP contribution in [0.1, 0.15) is 70.9 Å². The van der Waals surface area contributed by atoms with Crippen LogP contribution in [0.25, 0.3) is 21.2 Å². The molecule has 0 atom stereocenters. The standard InChI is InChI=1S/C32H12BF24.C25H19N4O2/c34-25(35,36)13-1-14(26(37,38)39)6-21(5-13)33(22-7-15(27(40,41)42)2-16(8-22)28(43,44)45,23-9-17(29(46,47)48)3-18(10-23)30(49,50)51)24-11-19(31(52,53)54)4-20(12-24)32(55,56)57;26-28-27-21-11-6-10-20(15-21)24(30)16-23-22-12-5-4-7-18(22)13-14-29(23)17-25(31)19-8-2-1-3-9-19/h1-12H;1-15H,16-17H2/q-1;+1. The summed E-state index contributed by atoms with van der Waals surface area (Å²) < 4.78 is 343. The smallest absolute Gasteiger partial charge is 0.294 e. The predicted octanol–water partition coefficient (Wildman–Crippen LogP) is 16.6. The molecule has 0 bridgehead atoms. The summed E-state index contributed by atoms with van der Waals surface area (Å²) in [6, 6.07) is 16.7. The Kier molecular flexibility index (Phi) is 18.1. The van der Waals surface area contributed by atoms with Crippen molar-refractivity contribution in [3.05, 3.63) is 236 Å². The summed E-state index contributed by atoms with van der Waals surface area (Å²) in [4.78, 5) is 28.7. The van der Waals surface area contributed by atoms with Crippen LogP contribution in [-0.4, -0.2) is 17.7 Å². The van der Waals surface area contributed by atoms with Crippen LogP contribution in [0.3, 0.4) is 0 Å². The number of rotatable bonds is 11. The number of Topliss-reactive ketones (excluding diaryl/α,β-unsaturated/α-hetero) is 2. The quantitative estimate of drug-likeness (QED) is 0.0246. The zero-order chi connectivity index (χ0) is 65.5. The fourth-order valence-electron chi connectivity index (χ4n) is 9.65. The van der Waals surface area contributed by atoms with Crippen molar-refractivity contribution in [1.29, 1.82) is 0 Å². The summed E-state index contributed by atoms with van der Waals surface area (Å²) in [5, 5.41) is 5.49. The molecule has 7 aromatic carbocycles. The molecule has 0 spiro atoms. The number of fused-ring (bicyclic) bond motifs is 1. The molecule has 1 heterocycles. The molecule has 8 rings (SSSR count). The monoisotopic (exact) mass is 1270 g/mol. The van der Waals surface area contributed by atoms with Crippen LogP contribution >= 0.6 is 0 Å². The Hall–Kier alpha value is -9.02. The van der Waals surface area contributed by atoms with Crippen molar-refractivity contribution in [2.24, 2.45) is 5.11 Å². The van der Waals surface area contributed by atoms with E-state index in [0.717, 1.165) is 16.5 Å². The topological polar surface area (TPSA) is 86.8 Å². The average molecular weight is 1270 g/mol. The third kappa shape index (κ3) is 15.0. The lowest BCUT2D eigenvalue weighted by atomic mass is 9.12. The molecular weight excluding hydrogens is 1240 g/mol. The number of nitrogens with zero attached hydrogens (tertiary/aromatic N) is 4. The van der Waals surface area contributed by atoms with Crippen LogP contribution in [-0.2, 0) is 62.4 Å². The fraction of sp³-hybridized carbons (Fsp3) is 0.175. The minimum absolute atomic E-state index is 0.0278. The molecule has 0 N–H and O–H groups in total. The number of azide groups is 1. The van der Waals surface area contributed by atoms with E-state index in [-0.39, 0.29) is 24.5 Å². The Morgan fingerprint density at radius 1 is 0.386 bits per heavy atom. The lowest BCUT2D eigenvalue weighted by Gasteiger charge is -2.46. The van der Waals surface area contributed by atoms with Gasteiger partial charge >= 0.3 is 49.4 Å². The molecule has 0 saturated carbocycles. The van der Waals surface area contributed by atoms with Gasteiger partial charge in [-0.3, -0.25) is 9.59 Å². The molecule has 0 aliphatic heterocycles. The Balaban J connectivity index is 0.000000298. The molecule has 462 valence electrons. The van der Waals surface area contributed by atoms with Crippen molar-refractivity contribution in [3.63, 3.8) is 0 Å². The number of aromatic nitrogens is 1. The Morgan fingerprint density at radius 3 is 1.06 bits per heavy atom. The van der Waals surface area contributed by atoms with Gasteiger partial charge in [0.05, 0.1) is 50.9 Å². The van der Waals surface area contributed by atoms with E-state index in [4.69, 9.17) is 5.53 Å². The molecule has 0 fully saturated rings. The predicted molar refractivity (Wildman–Crippen MR) is 268 cm³/mol. The number of ketones is 2. The summed E-state index contributed by atoms with van der Waals surface area (Å²) in [7, 11) is 0. The molecule has 8 aromatic rings. The van der Waals surface area contributed by atoms with Crippen LogP contribution in [0, 0.1) is 0 Å². The zero-order valence-electron chi connectivity index (χ0n) is 43.3. The van der Waals surface area contributed by atoms with E-state index in [0.29, 0.717) is 16.8 Å². The summed E-state index contributed by atoms with van der Waals surface area (Å²) >= 11 is 0. The van der Waals surface area contributed by atoms with Gasteiger partial charge in [-0.2, -0.15) is 132 Å². The highest BCUT2D eigenvalue weighted by Gasteiger charge is 2.47. The fourth-order valence-corrected chi connectivity index (χ4v) is 9.65. The molecular formula is C57H31BF24N4O2. The lowest BCUT2D eigenvalue weighted by Crippen LogP contribution is -2.75. The Bertz CT molecular complexity index is 3550. The number of halogens is 24. The molecule has 0 saturated heterocycles. The summed E-state index contributed by atoms with van der Waals surface area (Å²) in [6.45, 7) is 0.135. The number of pyridine rings is 1. The second kappa shape index (κ2) is 23.9. The van der Waals surface area contributed by atoms with E-state index < -0.39 is 195 Å². The van der Waals surface area contributed by atoms with Gasteiger partial charge in [-0.05, 0) is 47.3 Å². The van der Waals surface area contributed by atoms with E-state index in [1.165, 1.54) is 0 Å². The van der Waals surface area contributed by atoms with E-state index >= 15 is 0 Å². The average Bonchev–Trinajstić information content (AvgIpc) is 0.713. The van der Waals surface area contributed by atoms with Gasteiger partial charge in [0.2, 0.25) is 12.3 Å². The lowest BCUT2D eigenvalue weighted by molar-refractivity contribution is -0.688. The second-order valence-corrected chi connectivity index (χ2v) is 19.3. The summed E-state index contributed by atoms with van der Waals surface area (Å²) in [5.41, 5.74) is -19.3. The second-order valence-electron chi connectivity index (χ2n) is 19.3. The number of hydrogen-bond acceptors (Lipinski definition) is 3. The number of carbonyl (C=O) groups is 2. The first-order chi connectivity index (χ1) is 40.4. The van der Waals surface area contributed by atoms with Crippen LogP contribution in [0.15, 0.2) is 169 Å². The first-order valence-electron chi connectivity index (χ1n) is 24.4. The minimum Gasteiger partial charge on any atom is -0.294 e. The number of benzene rings is 7. The molecule has 1 aromatic heterocycles. The van der Waals surface area contributed by atoms with E-state index in [2.05, 4.69) is 10.0 Å². The van der Waals surface area contributed by atoms with Crippen molar-refractivity contribution in [2.45, 2.75) is 62.4 Å². The van der Waals surface area contributed by atoms with Gasteiger partial charge in [-0.25, -0.2) is 0 Å². The van der Waals surface area contributed by atoms with Gasteiger partial charge in [-0.15, -0.1) is 0 Å². The minimum atomic E-state index is -6.13. The van der Waals surface area contributed by atoms with E-state index in [9.17, 15) is 115 Å². The molecule has 6 nitrogen and oxygen atoms in total. The highest BCUT2D eigenvalue weighted by atomic mass is 19.4. The van der Waals surface area contributed by atoms with Crippen LogP contribution in [0.5, 0.6) is 0 Å². The number of carbonyl (C=O) groups excluding carboxylic acids is 2. The molecule has 0 unspecified atom stereocenters. The van der Waals surface area contributed by atoms with Crippen molar-refractivity contribution in [1.82, 2.24) is 0 Å². The van der Waals surface area contributed by atoms with Gasteiger partial charge in [0, 0.05) is 33.2 Å². The number of alkyl halides is 24. The van der Waals surface area contributed by atoms with Crippen molar-refractivity contribution >= 4 is 56.0 Å². The third-order valence-corrected chi connectivity index (χ3v) is 13.6. The maximum Gasteiger partial charge on any atom is 0.416 e.